The van der Waals surface area contributed by atoms with Crippen LogP contribution in [-0.2, 0) is 11.3 Å². The Morgan fingerprint density at radius 3 is 3.05 bits per heavy atom. The highest BCUT2D eigenvalue weighted by Gasteiger charge is 2.22. The first-order valence-corrected chi connectivity index (χ1v) is 7.12. The molecule has 19 heavy (non-hydrogen) atoms. The van der Waals surface area contributed by atoms with E-state index in [4.69, 9.17) is 4.74 Å². The van der Waals surface area contributed by atoms with Gasteiger partial charge in [-0.2, -0.15) is 0 Å². The molecular weight excluding hydrogens is 238 g/mol. The molecule has 1 saturated heterocycles. The van der Waals surface area contributed by atoms with Gasteiger partial charge in [-0.1, -0.05) is 13.8 Å². The van der Waals surface area contributed by atoms with Crippen LogP contribution in [0.3, 0.4) is 0 Å². The maximum atomic E-state index is 5.40. The first kappa shape index (κ1) is 14.3. The van der Waals surface area contributed by atoms with Crippen molar-refractivity contribution in [3.05, 3.63) is 23.9 Å². The predicted octanol–water partition coefficient (Wildman–Crippen LogP) is 2.05. The summed E-state index contributed by atoms with van der Waals surface area (Å²) < 4.78 is 5.40. The molecular formula is C15H25N3O. The van der Waals surface area contributed by atoms with Crippen LogP contribution in [0, 0.1) is 5.92 Å². The average Bonchev–Trinajstić information content (AvgIpc) is 2.87. The van der Waals surface area contributed by atoms with Crippen LogP contribution in [0.25, 0.3) is 0 Å². The topological polar surface area (TPSA) is 37.4 Å². The SMILES string of the molecule is COC1CCN(c2cc(CNCC(C)C)ccn2)C1. The van der Waals surface area contributed by atoms with Crippen LogP contribution in [0.2, 0.25) is 0 Å². The highest BCUT2D eigenvalue weighted by Crippen LogP contribution is 2.20. The van der Waals surface area contributed by atoms with Crippen molar-refractivity contribution in [2.75, 3.05) is 31.6 Å². The molecule has 1 aromatic rings. The minimum Gasteiger partial charge on any atom is -0.380 e. The standard InChI is InChI=1S/C15H25N3O/c1-12(2)9-16-10-13-4-6-17-15(8-13)18-7-5-14(11-18)19-3/h4,6,8,12,14,16H,5,7,9-11H2,1-3H3. The average molecular weight is 263 g/mol. The van der Waals surface area contributed by atoms with Crippen LogP contribution in [0.4, 0.5) is 5.82 Å². The van der Waals surface area contributed by atoms with Crippen LogP contribution < -0.4 is 10.2 Å². The Morgan fingerprint density at radius 2 is 2.37 bits per heavy atom. The quantitative estimate of drug-likeness (QED) is 0.852. The van der Waals surface area contributed by atoms with E-state index >= 15 is 0 Å². The smallest absolute Gasteiger partial charge is 0.128 e. The number of hydrogen-bond acceptors (Lipinski definition) is 4. The molecule has 2 heterocycles. The first-order valence-electron chi connectivity index (χ1n) is 7.12. The molecule has 0 amide bonds. The van der Waals surface area contributed by atoms with Crippen molar-refractivity contribution in [3.8, 4) is 0 Å². The van der Waals surface area contributed by atoms with E-state index in [1.165, 1.54) is 5.56 Å². The lowest BCUT2D eigenvalue weighted by atomic mass is 10.2. The number of pyridine rings is 1. The summed E-state index contributed by atoms with van der Waals surface area (Å²) in [7, 11) is 1.79. The third-order valence-corrected chi connectivity index (χ3v) is 3.49. The molecule has 1 atom stereocenters. The summed E-state index contributed by atoms with van der Waals surface area (Å²) in [5.41, 5.74) is 1.30. The second-order valence-corrected chi connectivity index (χ2v) is 5.64. The second-order valence-electron chi connectivity index (χ2n) is 5.64. The summed E-state index contributed by atoms with van der Waals surface area (Å²) in [4.78, 5) is 6.78. The van der Waals surface area contributed by atoms with Crippen molar-refractivity contribution in [1.29, 1.82) is 0 Å². The Kier molecular flexibility index (Phi) is 5.16. The van der Waals surface area contributed by atoms with Crippen LogP contribution in [0.1, 0.15) is 25.8 Å². The normalized spacial score (nSPS) is 19.4. The van der Waals surface area contributed by atoms with Crippen molar-refractivity contribution < 1.29 is 4.74 Å². The zero-order valence-electron chi connectivity index (χ0n) is 12.2. The van der Waals surface area contributed by atoms with Crippen molar-refractivity contribution in [2.24, 2.45) is 5.92 Å². The fourth-order valence-electron chi connectivity index (χ4n) is 2.38. The maximum absolute atomic E-state index is 5.40. The molecule has 1 aliphatic rings. The van der Waals surface area contributed by atoms with Crippen molar-refractivity contribution >= 4 is 5.82 Å². The van der Waals surface area contributed by atoms with Gasteiger partial charge in [-0.05, 0) is 36.6 Å². The van der Waals surface area contributed by atoms with Gasteiger partial charge in [0, 0.05) is 32.9 Å². The molecule has 4 nitrogen and oxygen atoms in total. The minimum atomic E-state index is 0.351. The van der Waals surface area contributed by atoms with Gasteiger partial charge in [0.05, 0.1) is 6.10 Å². The fourth-order valence-corrected chi connectivity index (χ4v) is 2.38. The van der Waals surface area contributed by atoms with E-state index in [1.54, 1.807) is 7.11 Å². The summed E-state index contributed by atoms with van der Waals surface area (Å²) in [6, 6.07) is 4.27. The fraction of sp³-hybridized carbons (Fsp3) is 0.667. The third-order valence-electron chi connectivity index (χ3n) is 3.49. The van der Waals surface area contributed by atoms with Gasteiger partial charge in [0.25, 0.3) is 0 Å². The first-order chi connectivity index (χ1) is 9.19. The van der Waals surface area contributed by atoms with Crippen molar-refractivity contribution in [1.82, 2.24) is 10.3 Å². The summed E-state index contributed by atoms with van der Waals surface area (Å²) in [6.45, 7) is 8.39. The molecule has 0 bridgehead atoms. The Balaban J connectivity index is 1.92. The monoisotopic (exact) mass is 263 g/mol. The Labute approximate surface area is 116 Å². The van der Waals surface area contributed by atoms with Gasteiger partial charge in [0.1, 0.15) is 5.82 Å². The summed E-state index contributed by atoms with van der Waals surface area (Å²) in [5, 5.41) is 3.47. The number of nitrogens with zero attached hydrogens (tertiary/aromatic N) is 2. The lowest BCUT2D eigenvalue weighted by Crippen LogP contribution is -2.23. The zero-order chi connectivity index (χ0) is 13.7. The van der Waals surface area contributed by atoms with Gasteiger partial charge in [-0.3, -0.25) is 0 Å². The van der Waals surface area contributed by atoms with Crippen LogP contribution in [0.15, 0.2) is 18.3 Å². The Hall–Kier alpha value is -1.13. The van der Waals surface area contributed by atoms with Gasteiger partial charge < -0.3 is 15.0 Å². The van der Waals surface area contributed by atoms with Gasteiger partial charge in [-0.15, -0.1) is 0 Å². The molecule has 1 aliphatic heterocycles. The summed E-state index contributed by atoms with van der Waals surface area (Å²) in [5.74, 6) is 1.76. The zero-order valence-corrected chi connectivity index (χ0v) is 12.2. The van der Waals surface area contributed by atoms with Crippen LogP contribution >= 0.6 is 0 Å². The summed E-state index contributed by atoms with van der Waals surface area (Å²) in [6.07, 6.45) is 3.35. The molecule has 1 aromatic heterocycles. The number of hydrogen-bond donors (Lipinski definition) is 1. The van der Waals surface area contributed by atoms with E-state index in [9.17, 15) is 0 Å². The van der Waals surface area contributed by atoms with Crippen molar-refractivity contribution in [2.45, 2.75) is 32.9 Å². The number of ether oxygens (including phenoxy) is 1. The largest absolute Gasteiger partial charge is 0.380 e. The molecule has 106 valence electrons. The molecule has 1 unspecified atom stereocenters. The highest BCUT2D eigenvalue weighted by atomic mass is 16.5. The van der Waals surface area contributed by atoms with E-state index in [2.05, 4.69) is 41.2 Å². The maximum Gasteiger partial charge on any atom is 0.128 e. The highest BCUT2D eigenvalue weighted by molar-refractivity contribution is 5.42. The lowest BCUT2D eigenvalue weighted by molar-refractivity contribution is 0.121. The van der Waals surface area contributed by atoms with Gasteiger partial charge in [-0.25, -0.2) is 4.98 Å². The Bertz CT molecular complexity index is 395. The summed E-state index contributed by atoms with van der Waals surface area (Å²) >= 11 is 0. The molecule has 2 rings (SSSR count). The van der Waals surface area contributed by atoms with Crippen LogP contribution in [-0.4, -0.2) is 37.8 Å². The van der Waals surface area contributed by atoms with E-state index in [0.717, 1.165) is 38.4 Å². The molecule has 1 N–H and O–H groups in total. The number of aromatic nitrogens is 1. The van der Waals surface area contributed by atoms with Gasteiger partial charge >= 0.3 is 0 Å². The number of rotatable bonds is 6. The van der Waals surface area contributed by atoms with E-state index in [0.29, 0.717) is 12.0 Å². The second kappa shape index (κ2) is 6.87. The molecule has 4 heteroatoms. The Morgan fingerprint density at radius 1 is 1.53 bits per heavy atom. The van der Waals surface area contributed by atoms with Gasteiger partial charge in [0.15, 0.2) is 0 Å². The molecule has 0 aliphatic carbocycles. The predicted molar refractivity (Wildman–Crippen MR) is 78.4 cm³/mol. The van der Waals surface area contributed by atoms with E-state index < -0.39 is 0 Å². The van der Waals surface area contributed by atoms with Crippen LogP contribution in [0.5, 0.6) is 0 Å². The minimum absolute atomic E-state index is 0.351. The van der Waals surface area contributed by atoms with E-state index in [-0.39, 0.29) is 0 Å². The molecule has 0 aromatic carbocycles. The van der Waals surface area contributed by atoms with Crippen molar-refractivity contribution in [3.63, 3.8) is 0 Å². The molecule has 0 radical (unpaired) electrons. The van der Waals surface area contributed by atoms with Gasteiger partial charge in [0.2, 0.25) is 0 Å². The molecule has 0 saturated carbocycles. The molecule has 0 spiro atoms. The molecule has 1 fully saturated rings. The third kappa shape index (κ3) is 4.18. The number of methoxy groups -OCH3 is 1. The lowest BCUT2D eigenvalue weighted by Gasteiger charge is -2.18. The number of nitrogens with one attached hydrogen (secondary N) is 1. The van der Waals surface area contributed by atoms with E-state index in [1.807, 2.05) is 6.20 Å². The number of anilines is 1.